The minimum Gasteiger partial charge on any atom is -0.339 e. The molecule has 2 N–H and O–H groups in total. The van der Waals surface area contributed by atoms with Gasteiger partial charge in [-0.25, -0.2) is 0 Å². The van der Waals surface area contributed by atoms with E-state index in [0.29, 0.717) is 18.5 Å². The molecule has 2 atom stereocenters. The Morgan fingerprint density at radius 3 is 3.11 bits per heavy atom. The fourth-order valence-electron chi connectivity index (χ4n) is 2.62. The van der Waals surface area contributed by atoms with Crippen molar-refractivity contribution in [3.8, 4) is 0 Å². The third-order valence-corrected chi connectivity index (χ3v) is 4.54. The van der Waals surface area contributed by atoms with Crippen LogP contribution in [0, 0.1) is 5.92 Å². The smallest absolute Gasteiger partial charge is 0.246 e. The summed E-state index contributed by atoms with van der Waals surface area (Å²) in [5.41, 5.74) is 5.76. The lowest BCUT2D eigenvalue weighted by molar-refractivity contribution is -0.127. The van der Waals surface area contributed by atoms with Crippen molar-refractivity contribution in [3.05, 3.63) is 28.5 Å². The van der Waals surface area contributed by atoms with Crippen LogP contribution >= 0.6 is 11.3 Å². The van der Waals surface area contributed by atoms with Gasteiger partial charge in [0.2, 0.25) is 5.91 Å². The second-order valence-electron chi connectivity index (χ2n) is 4.79. The zero-order chi connectivity index (χ0) is 13.0. The maximum Gasteiger partial charge on any atom is 0.246 e. The van der Waals surface area contributed by atoms with E-state index in [4.69, 9.17) is 5.73 Å². The Kier molecular flexibility index (Phi) is 4.55. The van der Waals surface area contributed by atoms with Gasteiger partial charge in [0.25, 0.3) is 0 Å². The average molecular weight is 264 g/mol. The lowest BCUT2D eigenvalue weighted by Gasteiger charge is -2.28. The summed E-state index contributed by atoms with van der Waals surface area (Å²) in [4.78, 5) is 15.1. The van der Waals surface area contributed by atoms with Gasteiger partial charge in [-0.15, -0.1) is 11.3 Å². The first kappa shape index (κ1) is 13.3. The number of nitrogens with zero attached hydrogens (tertiary/aromatic N) is 1. The van der Waals surface area contributed by atoms with Crippen molar-refractivity contribution in [1.82, 2.24) is 4.90 Å². The van der Waals surface area contributed by atoms with Gasteiger partial charge in [-0.05, 0) is 42.8 Å². The molecule has 0 radical (unpaired) electrons. The van der Waals surface area contributed by atoms with E-state index in [-0.39, 0.29) is 5.91 Å². The van der Waals surface area contributed by atoms with E-state index in [1.54, 1.807) is 17.4 Å². The number of likely N-dealkylation sites (N-methyl/N-ethyl adjacent to an activating group) is 1. The minimum absolute atomic E-state index is 0.0775. The molecule has 0 bridgehead atoms. The molecule has 2 rings (SSSR count). The van der Waals surface area contributed by atoms with Gasteiger partial charge in [-0.3, -0.25) is 4.79 Å². The summed E-state index contributed by atoms with van der Waals surface area (Å²) in [5.74, 6) is 0.544. The zero-order valence-corrected chi connectivity index (χ0v) is 11.5. The van der Waals surface area contributed by atoms with Gasteiger partial charge < -0.3 is 10.6 Å². The van der Waals surface area contributed by atoms with Crippen LogP contribution in [-0.2, 0) is 4.79 Å². The second-order valence-corrected chi connectivity index (χ2v) is 5.77. The highest BCUT2D eigenvalue weighted by atomic mass is 32.1. The molecule has 1 fully saturated rings. The Morgan fingerprint density at radius 1 is 1.61 bits per heavy atom. The second kappa shape index (κ2) is 6.16. The van der Waals surface area contributed by atoms with E-state index < -0.39 is 0 Å². The maximum absolute atomic E-state index is 12.1. The van der Waals surface area contributed by atoms with Crippen LogP contribution in [0.4, 0.5) is 0 Å². The van der Waals surface area contributed by atoms with E-state index in [9.17, 15) is 4.79 Å². The molecule has 1 aromatic rings. The van der Waals surface area contributed by atoms with Crippen molar-refractivity contribution in [2.24, 2.45) is 11.7 Å². The number of carbonyl (C=O) groups is 1. The van der Waals surface area contributed by atoms with Gasteiger partial charge in [0.05, 0.1) is 0 Å². The average Bonchev–Trinajstić information content (AvgIpc) is 3.05. The molecule has 98 valence electrons. The van der Waals surface area contributed by atoms with Crippen molar-refractivity contribution < 1.29 is 4.79 Å². The van der Waals surface area contributed by atoms with Crippen LogP contribution in [0.25, 0.3) is 6.08 Å². The van der Waals surface area contributed by atoms with Gasteiger partial charge in [-0.1, -0.05) is 12.5 Å². The summed E-state index contributed by atoms with van der Waals surface area (Å²) in [6.07, 6.45) is 6.96. The molecule has 2 unspecified atom stereocenters. The predicted molar refractivity (Wildman–Crippen MR) is 76.3 cm³/mol. The number of thiophene rings is 1. The molecule has 1 amide bonds. The minimum atomic E-state index is 0.0775. The first-order chi connectivity index (χ1) is 8.72. The first-order valence-corrected chi connectivity index (χ1v) is 7.28. The molecule has 18 heavy (non-hydrogen) atoms. The molecule has 1 aliphatic carbocycles. The normalized spacial score (nSPS) is 23.7. The first-order valence-electron chi connectivity index (χ1n) is 6.41. The molecule has 0 saturated heterocycles. The summed E-state index contributed by atoms with van der Waals surface area (Å²) in [6, 6.07) is 4.31. The van der Waals surface area contributed by atoms with Crippen molar-refractivity contribution in [3.63, 3.8) is 0 Å². The van der Waals surface area contributed by atoms with Crippen LogP contribution < -0.4 is 5.73 Å². The van der Waals surface area contributed by atoms with Gasteiger partial charge >= 0.3 is 0 Å². The maximum atomic E-state index is 12.1. The van der Waals surface area contributed by atoms with Gasteiger partial charge in [-0.2, -0.15) is 0 Å². The molecular formula is C14H20N2OS. The summed E-state index contributed by atoms with van der Waals surface area (Å²) in [5, 5.41) is 2.01. The van der Waals surface area contributed by atoms with Crippen LogP contribution in [0.2, 0.25) is 0 Å². The standard InChI is InChI=1S/C14H20N2OS/c1-16(13-6-2-4-11(13)10-15)14(17)8-7-12-5-3-9-18-12/h3,5,7-9,11,13H,2,4,6,10,15H2,1H3. The molecule has 1 aromatic heterocycles. The third-order valence-electron chi connectivity index (χ3n) is 3.70. The zero-order valence-electron chi connectivity index (χ0n) is 10.7. The molecule has 1 saturated carbocycles. The van der Waals surface area contributed by atoms with Gasteiger partial charge in [0, 0.05) is 24.0 Å². The summed E-state index contributed by atoms with van der Waals surface area (Å²) >= 11 is 1.64. The third kappa shape index (κ3) is 3.00. The monoisotopic (exact) mass is 264 g/mol. The molecular weight excluding hydrogens is 244 g/mol. The van der Waals surface area contributed by atoms with E-state index in [1.165, 1.54) is 6.42 Å². The summed E-state index contributed by atoms with van der Waals surface area (Å²) in [7, 11) is 1.89. The Morgan fingerprint density at radius 2 is 2.44 bits per heavy atom. The largest absolute Gasteiger partial charge is 0.339 e. The molecule has 1 aliphatic rings. The molecule has 4 heteroatoms. The Bertz CT molecular complexity index is 413. The number of rotatable bonds is 4. The molecule has 3 nitrogen and oxygen atoms in total. The lowest BCUT2D eigenvalue weighted by Crippen LogP contribution is -2.40. The number of hydrogen-bond donors (Lipinski definition) is 1. The van der Waals surface area contributed by atoms with Crippen molar-refractivity contribution in [2.75, 3.05) is 13.6 Å². The van der Waals surface area contributed by atoms with Crippen LogP contribution in [0.15, 0.2) is 23.6 Å². The Hall–Kier alpha value is -1.13. The van der Waals surface area contributed by atoms with Crippen LogP contribution in [0.5, 0.6) is 0 Å². The fraction of sp³-hybridized carbons (Fsp3) is 0.500. The summed E-state index contributed by atoms with van der Waals surface area (Å²) in [6.45, 7) is 0.678. The topological polar surface area (TPSA) is 46.3 Å². The highest BCUT2D eigenvalue weighted by molar-refractivity contribution is 7.10. The number of nitrogens with two attached hydrogens (primary N) is 1. The highest BCUT2D eigenvalue weighted by Gasteiger charge is 2.30. The Labute approximate surface area is 112 Å². The molecule has 1 heterocycles. The van der Waals surface area contributed by atoms with E-state index in [0.717, 1.165) is 17.7 Å². The highest BCUT2D eigenvalue weighted by Crippen LogP contribution is 2.28. The van der Waals surface area contributed by atoms with Gasteiger partial charge in [0.15, 0.2) is 0 Å². The fourth-order valence-corrected chi connectivity index (χ4v) is 3.24. The van der Waals surface area contributed by atoms with Gasteiger partial charge in [0.1, 0.15) is 0 Å². The van der Waals surface area contributed by atoms with Crippen molar-refractivity contribution in [2.45, 2.75) is 25.3 Å². The van der Waals surface area contributed by atoms with Crippen molar-refractivity contribution in [1.29, 1.82) is 0 Å². The number of hydrogen-bond acceptors (Lipinski definition) is 3. The lowest BCUT2D eigenvalue weighted by atomic mass is 10.0. The quantitative estimate of drug-likeness (QED) is 0.849. The predicted octanol–water partition coefficient (Wildman–Crippen LogP) is 2.35. The van der Waals surface area contributed by atoms with E-state index in [1.807, 2.05) is 35.5 Å². The molecule has 0 aliphatic heterocycles. The Balaban J connectivity index is 1.96. The van der Waals surface area contributed by atoms with Crippen LogP contribution in [0.3, 0.4) is 0 Å². The van der Waals surface area contributed by atoms with E-state index >= 15 is 0 Å². The molecule has 0 spiro atoms. The molecule has 0 aromatic carbocycles. The number of amides is 1. The van der Waals surface area contributed by atoms with Crippen molar-refractivity contribution >= 4 is 23.3 Å². The number of carbonyl (C=O) groups excluding carboxylic acids is 1. The van der Waals surface area contributed by atoms with Crippen LogP contribution in [-0.4, -0.2) is 30.4 Å². The van der Waals surface area contributed by atoms with E-state index in [2.05, 4.69) is 0 Å². The van der Waals surface area contributed by atoms with Crippen LogP contribution in [0.1, 0.15) is 24.1 Å². The SMILES string of the molecule is CN(C(=O)C=Cc1cccs1)C1CCCC1CN. The summed E-state index contributed by atoms with van der Waals surface area (Å²) < 4.78 is 0.